The first kappa shape index (κ1) is 19.7. The van der Waals surface area contributed by atoms with Gasteiger partial charge in [-0.3, -0.25) is 14.5 Å². The van der Waals surface area contributed by atoms with Crippen molar-refractivity contribution in [2.24, 2.45) is 0 Å². The highest BCUT2D eigenvalue weighted by Crippen LogP contribution is 2.31. The number of hydrogen-bond acceptors (Lipinski definition) is 4. The van der Waals surface area contributed by atoms with Crippen LogP contribution in [0.1, 0.15) is 44.6 Å². The van der Waals surface area contributed by atoms with E-state index in [-0.39, 0.29) is 18.4 Å². The lowest BCUT2D eigenvalue weighted by molar-refractivity contribution is -0.145. The number of carbonyl (C=O) groups is 2. The quantitative estimate of drug-likeness (QED) is 0.858. The zero-order valence-electron chi connectivity index (χ0n) is 16.7. The summed E-state index contributed by atoms with van der Waals surface area (Å²) >= 11 is 0. The van der Waals surface area contributed by atoms with E-state index in [0.29, 0.717) is 38.4 Å². The smallest absolute Gasteiger partial charge is 0.260 e. The van der Waals surface area contributed by atoms with Crippen LogP contribution in [0.3, 0.4) is 0 Å². The van der Waals surface area contributed by atoms with Crippen LogP contribution in [0.15, 0.2) is 24.3 Å². The number of benzene rings is 1. The lowest BCUT2D eigenvalue weighted by atomic mass is 9.83. The molecule has 2 heterocycles. The Labute approximate surface area is 161 Å². The molecular formula is C21H31N3O3. The SMILES string of the molecule is CC[C@@H](C)c1ccccc1OCC(=O)N1CCC2(CC1)C(=O)NCCN2C. The van der Waals surface area contributed by atoms with Crippen molar-refractivity contribution in [1.82, 2.24) is 15.1 Å². The summed E-state index contributed by atoms with van der Waals surface area (Å²) in [6.07, 6.45) is 2.37. The van der Waals surface area contributed by atoms with Crippen molar-refractivity contribution < 1.29 is 14.3 Å². The van der Waals surface area contributed by atoms with Gasteiger partial charge in [0.05, 0.1) is 0 Å². The van der Waals surface area contributed by atoms with Gasteiger partial charge in [0, 0.05) is 26.2 Å². The molecule has 2 aliphatic rings. The second kappa shape index (κ2) is 8.30. The molecule has 2 saturated heterocycles. The maximum absolute atomic E-state index is 12.6. The third kappa shape index (κ3) is 3.95. The van der Waals surface area contributed by atoms with E-state index in [1.54, 1.807) is 0 Å². The topological polar surface area (TPSA) is 61.9 Å². The van der Waals surface area contributed by atoms with E-state index in [2.05, 4.69) is 30.1 Å². The van der Waals surface area contributed by atoms with Crippen molar-refractivity contribution in [2.75, 3.05) is 39.8 Å². The summed E-state index contributed by atoms with van der Waals surface area (Å²) in [5, 5.41) is 2.98. The highest BCUT2D eigenvalue weighted by Gasteiger charge is 2.46. The lowest BCUT2D eigenvalue weighted by Gasteiger charge is -2.48. The molecule has 1 N–H and O–H groups in total. The van der Waals surface area contributed by atoms with Crippen molar-refractivity contribution in [2.45, 2.75) is 44.6 Å². The average molecular weight is 373 g/mol. The standard InChI is InChI=1S/C21H31N3O3/c1-4-16(2)17-7-5-6-8-18(17)27-15-19(25)24-12-9-21(10-13-24)20(26)22-11-14-23(21)3/h5-8,16H,4,9-15H2,1-3H3,(H,22,26)/t16-/m1/s1. The molecule has 1 atom stereocenters. The Balaban J connectivity index is 1.57. The molecule has 27 heavy (non-hydrogen) atoms. The number of carbonyl (C=O) groups excluding carboxylic acids is 2. The van der Waals surface area contributed by atoms with Crippen LogP contribution in [0, 0.1) is 0 Å². The lowest BCUT2D eigenvalue weighted by Crippen LogP contribution is -2.67. The monoisotopic (exact) mass is 373 g/mol. The predicted molar refractivity (Wildman–Crippen MR) is 105 cm³/mol. The first-order valence-corrected chi connectivity index (χ1v) is 9.97. The number of amides is 2. The van der Waals surface area contributed by atoms with Crippen LogP contribution in [0.5, 0.6) is 5.75 Å². The molecule has 1 spiro atoms. The van der Waals surface area contributed by atoms with Crippen molar-refractivity contribution >= 4 is 11.8 Å². The Kier molecular flexibility index (Phi) is 6.05. The Hall–Kier alpha value is -2.08. The van der Waals surface area contributed by atoms with Gasteiger partial charge in [0.1, 0.15) is 11.3 Å². The number of likely N-dealkylation sites (N-methyl/N-ethyl adjacent to an activating group) is 1. The number of rotatable bonds is 5. The van der Waals surface area contributed by atoms with Crippen LogP contribution in [-0.2, 0) is 9.59 Å². The number of ether oxygens (including phenoxy) is 1. The van der Waals surface area contributed by atoms with Crippen LogP contribution >= 0.6 is 0 Å². The summed E-state index contributed by atoms with van der Waals surface area (Å²) < 4.78 is 5.87. The van der Waals surface area contributed by atoms with Gasteiger partial charge in [-0.2, -0.15) is 0 Å². The molecule has 0 radical (unpaired) electrons. The van der Waals surface area contributed by atoms with Crippen LogP contribution < -0.4 is 10.1 Å². The number of piperidine rings is 1. The third-order valence-electron chi connectivity index (χ3n) is 6.24. The Morgan fingerprint density at radius 2 is 1.96 bits per heavy atom. The van der Waals surface area contributed by atoms with Gasteiger partial charge in [-0.25, -0.2) is 0 Å². The highest BCUT2D eigenvalue weighted by molar-refractivity contribution is 5.87. The minimum absolute atomic E-state index is 0.0114. The fourth-order valence-electron chi connectivity index (χ4n) is 4.09. The largest absolute Gasteiger partial charge is 0.483 e. The second-order valence-corrected chi connectivity index (χ2v) is 7.73. The maximum Gasteiger partial charge on any atom is 0.260 e. The Morgan fingerprint density at radius 3 is 2.63 bits per heavy atom. The number of piperazine rings is 1. The zero-order valence-corrected chi connectivity index (χ0v) is 16.7. The first-order valence-electron chi connectivity index (χ1n) is 9.97. The first-order chi connectivity index (χ1) is 13.0. The van der Waals surface area contributed by atoms with E-state index in [9.17, 15) is 9.59 Å². The van der Waals surface area contributed by atoms with Gasteiger partial charge in [-0.15, -0.1) is 0 Å². The molecule has 2 aliphatic heterocycles. The molecular weight excluding hydrogens is 342 g/mol. The molecule has 0 aromatic heterocycles. The number of nitrogens with zero attached hydrogens (tertiary/aromatic N) is 2. The van der Waals surface area contributed by atoms with Gasteiger partial charge in [0.2, 0.25) is 5.91 Å². The van der Waals surface area contributed by atoms with E-state index < -0.39 is 5.54 Å². The molecule has 0 aliphatic carbocycles. The molecule has 6 nitrogen and oxygen atoms in total. The molecule has 148 valence electrons. The van der Waals surface area contributed by atoms with Gasteiger partial charge in [0.15, 0.2) is 6.61 Å². The van der Waals surface area contributed by atoms with E-state index in [1.165, 1.54) is 0 Å². The Bertz CT molecular complexity index is 683. The number of hydrogen-bond donors (Lipinski definition) is 1. The molecule has 3 rings (SSSR count). The molecule has 0 bridgehead atoms. The predicted octanol–water partition coefficient (Wildman–Crippen LogP) is 2.00. The number of likely N-dealkylation sites (tertiary alicyclic amines) is 1. The maximum atomic E-state index is 12.6. The number of para-hydroxylation sites is 1. The van der Waals surface area contributed by atoms with Crippen LogP contribution in [0.2, 0.25) is 0 Å². The summed E-state index contributed by atoms with van der Waals surface area (Å²) in [7, 11) is 2.01. The molecule has 1 aromatic carbocycles. The summed E-state index contributed by atoms with van der Waals surface area (Å²) in [4.78, 5) is 29.0. The summed E-state index contributed by atoms with van der Waals surface area (Å²) in [6, 6.07) is 7.94. The van der Waals surface area contributed by atoms with Crippen molar-refractivity contribution in [3.05, 3.63) is 29.8 Å². The van der Waals surface area contributed by atoms with Gasteiger partial charge >= 0.3 is 0 Å². The summed E-state index contributed by atoms with van der Waals surface area (Å²) in [6.45, 7) is 7.09. The molecule has 0 unspecified atom stereocenters. The van der Waals surface area contributed by atoms with E-state index in [1.807, 2.05) is 30.1 Å². The van der Waals surface area contributed by atoms with Crippen molar-refractivity contribution in [3.8, 4) is 5.75 Å². The van der Waals surface area contributed by atoms with Gasteiger partial charge in [-0.05, 0) is 43.9 Å². The molecule has 2 fully saturated rings. The minimum Gasteiger partial charge on any atom is -0.483 e. The van der Waals surface area contributed by atoms with Gasteiger partial charge in [-0.1, -0.05) is 32.0 Å². The summed E-state index contributed by atoms with van der Waals surface area (Å²) in [5.74, 6) is 1.27. The van der Waals surface area contributed by atoms with Crippen LogP contribution in [-0.4, -0.2) is 67.0 Å². The Morgan fingerprint density at radius 1 is 1.26 bits per heavy atom. The fraction of sp³-hybridized carbons (Fsp3) is 0.619. The van der Waals surface area contributed by atoms with Gasteiger partial charge in [0.25, 0.3) is 5.91 Å². The third-order valence-corrected chi connectivity index (χ3v) is 6.24. The minimum atomic E-state index is -0.459. The van der Waals surface area contributed by atoms with Crippen molar-refractivity contribution in [1.29, 1.82) is 0 Å². The van der Waals surface area contributed by atoms with Gasteiger partial charge < -0.3 is 15.0 Å². The highest BCUT2D eigenvalue weighted by atomic mass is 16.5. The second-order valence-electron chi connectivity index (χ2n) is 7.73. The molecule has 6 heteroatoms. The van der Waals surface area contributed by atoms with E-state index >= 15 is 0 Å². The van der Waals surface area contributed by atoms with Crippen molar-refractivity contribution in [3.63, 3.8) is 0 Å². The fourth-order valence-corrected chi connectivity index (χ4v) is 4.09. The van der Waals surface area contributed by atoms with E-state index in [4.69, 9.17) is 4.74 Å². The molecule has 0 saturated carbocycles. The van der Waals surface area contributed by atoms with Crippen LogP contribution in [0.25, 0.3) is 0 Å². The molecule has 1 aromatic rings. The van der Waals surface area contributed by atoms with E-state index in [0.717, 1.165) is 24.3 Å². The summed E-state index contributed by atoms with van der Waals surface area (Å²) in [5.41, 5.74) is 0.685. The van der Waals surface area contributed by atoms with Crippen LogP contribution in [0.4, 0.5) is 0 Å². The number of nitrogens with one attached hydrogen (secondary N) is 1. The average Bonchev–Trinajstić information content (AvgIpc) is 2.70. The zero-order chi connectivity index (χ0) is 19.4. The molecule has 2 amide bonds. The normalized spacial score (nSPS) is 21.0.